The van der Waals surface area contributed by atoms with Gasteiger partial charge in [0, 0.05) is 64.0 Å². The van der Waals surface area contributed by atoms with Gasteiger partial charge in [0.15, 0.2) is 0 Å². The lowest BCUT2D eigenvalue weighted by molar-refractivity contribution is -0.146. The Morgan fingerprint density at radius 2 is 1.79 bits per heavy atom. The maximum absolute atomic E-state index is 13.0. The third-order valence-corrected chi connectivity index (χ3v) is 7.37. The second-order valence-corrected chi connectivity index (χ2v) is 9.26. The summed E-state index contributed by atoms with van der Waals surface area (Å²) in [7, 11) is 0. The molecule has 4 saturated heterocycles. The molecular formula is C23H32N4O2. The van der Waals surface area contributed by atoms with E-state index in [0.29, 0.717) is 30.3 Å². The number of likely N-dealkylation sites (tertiary alicyclic amines) is 1. The normalized spacial score (nSPS) is 30.3. The largest absolute Gasteiger partial charge is 0.368 e. The third kappa shape index (κ3) is 3.87. The van der Waals surface area contributed by atoms with E-state index < -0.39 is 0 Å². The van der Waals surface area contributed by atoms with Crippen molar-refractivity contribution in [1.29, 1.82) is 0 Å². The summed E-state index contributed by atoms with van der Waals surface area (Å²) < 4.78 is 0. The van der Waals surface area contributed by atoms with Gasteiger partial charge in [-0.1, -0.05) is 18.2 Å². The summed E-state index contributed by atoms with van der Waals surface area (Å²) in [6.07, 6.45) is 4.14. The van der Waals surface area contributed by atoms with Crippen molar-refractivity contribution < 1.29 is 9.59 Å². The molecule has 0 aliphatic carbocycles. The lowest BCUT2D eigenvalue weighted by atomic mass is 9.76. The number of amides is 2. The minimum Gasteiger partial charge on any atom is -0.368 e. The Kier molecular flexibility index (Phi) is 5.20. The Morgan fingerprint density at radius 3 is 2.59 bits per heavy atom. The Morgan fingerprint density at radius 1 is 1.00 bits per heavy atom. The highest BCUT2D eigenvalue weighted by Gasteiger charge is 2.44. The number of carbonyl (C=O) groups is 2. The van der Waals surface area contributed by atoms with Crippen molar-refractivity contribution in [2.45, 2.75) is 31.7 Å². The van der Waals surface area contributed by atoms with E-state index in [4.69, 9.17) is 0 Å². The van der Waals surface area contributed by atoms with Crippen LogP contribution in [0.25, 0.3) is 0 Å². The molecule has 0 aromatic heterocycles. The molecule has 1 aromatic carbocycles. The number of para-hydroxylation sites is 1. The van der Waals surface area contributed by atoms with Crippen molar-refractivity contribution >= 4 is 17.5 Å². The van der Waals surface area contributed by atoms with Crippen LogP contribution in [-0.4, -0.2) is 84.9 Å². The summed E-state index contributed by atoms with van der Waals surface area (Å²) in [6, 6.07) is 10.9. The van der Waals surface area contributed by atoms with Crippen molar-refractivity contribution in [2.75, 3.05) is 57.3 Å². The molecule has 1 aromatic rings. The van der Waals surface area contributed by atoms with Crippen LogP contribution in [-0.2, 0) is 9.59 Å². The van der Waals surface area contributed by atoms with Crippen LogP contribution in [0.3, 0.4) is 0 Å². The smallest absolute Gasteiger partial charge is 0.236 e. The molecule has 0 N–H and O–H groups in total. The first-order valence-corrected chi connectivity index (χ1v) is 11.3. The Balaban J connectivity index is 1.15. The SMILES string of the molecule is O=C(CN1CC2CC(C1)[C@H]1CCCC(=O)N1C2)N1CCN(c2ccccc2)CC1. The van der Waals surface area contributed by atoms with Crippen LogP contribution in [0.15, 0.2) is 30.3 Å². The van der Waals surface area contributed by atoms with Gasteiger partial charge < -0.3 is 14.7 Å². The fourth-order valence-corrected chi connectivity index (χ4v) is 5.99. The van der Waals surface area contributed by atoms with E-state index in [9.17, 15) is 9.59 Å². The molecule has 4 fully saturated rings. The number of hydrogen-bond acceptors (Lipinski definition) is 4. The van der Waals surface area contributed by atoms with Crippen molar-refractivity contribution in [3.05, 3.63) is 30.3 Å². The van der Waals surface area contributed by atoms with Gasteiger partial charge in [-0.25, -0.2) is 0 Å². The standard InChI is InChI=1S/C23H32N4O2/c28-22-8-4-7-21-19-13-18(15-27(21)22)14-24(16-19)17-23(29)26-11-9-25(10-12-26)20-5-2-1-3-6-20/h1-3,5-6,18-19,21H,4,7-17H2/t18?,19?,21-/m1/s1. The molecule has 6 heteroatoms. The first-order chi connectivity index (χ1) is 14.2. The highest BCUT2D eigenvalue weighted by atomic mass is 16.2. The Bertz CT molecular complexity index is 747. The molecule has 0 spiro atoms. The fraction of sp³-hybridized carbons (Fsp3) is 0.652. The highest BCUT2D eigenvalue weighted by Crippen LogP contribution is 2.37. The van der Waals surface area contributed by atoms with Crippen LogP contribution in [0.2, 0.25) is 0 Å². The molecule has 2 amide bonds. The van der Waals surface area contributed by atoms with Gasteiger partial charge in [0.2, 0.25) is 11.8 Å². The molecule has 156 valence electrons. The number of anilines is 1. The summed E-state index contributed by atoms with van der Waals surface area (Å²) >= 11 is 0. The predicted octanol–water partition coefficient (Wildman–Crippen LogP) is 1.67. The Labute approximate surface area is 173 Å². The fourth-order valence-electron chi connectivity index (χ4n) is 5.99. The molecule has 4 aliphatic heterocycles. The van der Waals surface area contributed by atoms with Crippen LogP contribution in [0.5, 0.6) is 0 Å². The molecule has 4 aliphatic rings. The third-order valence-electron chi connectivity index (χ3n) is 7.37. The molecule has 4 heterocycles. The van der Waals surface area contributed by atoms with Crippen molar-refractivity contribution in [1.82, 2.24) is 14.7 Å². The number of piperazine rings is 1. The predicted molar refractivity (Wildman–Crippen MR) is 113 cm³/mol. The summed E-state index contributed by atoms with van der Waals surface area (Å²) in [4.78, 5) is 34.2. The molecule has 5 rings (SSSR count). The van der Waals surface area contributed by atoms with Gasteiger partial charge in [-0.3, -0.25) is 14.5 Å². The van der Waals surface area contributed by atoms with Crippen LogP contribution in [0.4, 0.5) is 5.69 Å². The topological polar surface area (TPSA) is 47.1 Å². The number of hydrogen-bond donors (Lipinski definition) is 0. The molecule has 29 heavy (non-hydrogen) atoms. The second kappa shape index (κ2) is 7.98. The number of rotatable bonds is 3. The van der Waals surface area contributed by atoms with Gasteiger partial charge >= 0.3 is 0 Å². The van der Waals surface area contributed by atoms with Crippen molar-refractivity contribution in [3.8, 4) is 0 Å². The van der Waals surface area contributed by atoms with Crippen molar-refractivity contribution in [3.63, 3.8) is 0 Å². The number of fused-ring (bicyclic) bond motifs is 4. The van der Waals surface area contributed by atoms with E-state index >= 15 is 0 Å². The van der Waals surface area contributed by atoms with E-state index in [1.807, 2.05) is 11.0 Å². The average molecular weight is 397 g/mol. The van der Waals surface area contributed by atoms with Gasteiger partial charge in [-0.05, 0) is 43.2 Å². The molecular weight excluding hydrogens is 364 g/mol. The van der Waals surface area contributed by atoms with E-state index in [2.05, 4.69) is 39.0 Å². The zero-order chi connectivity index (χ0) is 19.8. The van der Waals surface area contributed by atoms with E-state index in [1.165, 1.54) is 12.1 Å². The maximum Gasteiger partial charge on any atom is 0.236 e. The molecule has 0 saturated carbocycles. The Hall–Kier alpha value is -2.08. The summed E-state index contributed by atoms with van der Waals surface area (Å²) in [6.45, 7) is 6.79. The van der Waals surface area contributed by atoms with Gasteiger partial charge in [0.05, 0.1) is 6.54 Å². The molecule has 2 bridgehead atoms. The molecule has 6 nitrogen and oxygen atoms in total. The van der Waals surface area contributed by atoms with Gasteiger partial charge in [0.25, 0.3) is 0 Å². The lowest BCUT2D eigenvalue weighted by Crippen LogP contribution is -2.61. The van der Waals surface area contributed by atoms with Crippen LogP contribution >= 0.6 is 0 Å². The van der Waals surface area contributed by atoms with Crippen molar-refractivity contribution in [2.24, 2.45) is 11.8 Å². The quantitative estimate of drug-likeness (QED) is 0.780. The maximum atomic E-state index is 13.0. The van der Waals surface area contributed by atoms with Gasteiger partial charge in [0.1, 0.15) is 0 Å². The molecule has 2 unspecified atom stereocenters. The van der Waals surface area contributed by atoms with Gasteiger partial charge in [-0.15, -0.1) is 0 Å². The van der Waals surface area contributed by atoms with E-state index in [0.717, 1.165) is 65.1 Å². The average Bonchev–Trinajstić information content (AvgIpc) is 2.75. The molecule has 3 atom stereocenters. The number of piperidine rings is 3. The highest BCUT2D eigenvalue weighted by molar-refractivity contribution is 5.79. The number of carbonyl (C=O) groups excluding carboxylic acids is 2. The van der Waals surface area contributed by atoms with Gasteiger partial charge in [-0.2, -0.15) is 0 Å². The van der Waals surface area contributed by atoms with Crippen LogP contribution in [0.1, 0.15) is 25.7 Å². The lowest BCUT2D eigenvalue weighted by Gasteiger charge is -2.52. The summed E-state index contributed by atoms with van der Waals surface area (Å²) in [5, 5.41) is 0. The van der Waals surface area contributed by atoms with Crippen LogP contribution < -0.4 is 4.90 Å². The zero-order valence-electron chi connectivity index (χ0n) is 17.2. The minimum atomic E-state index is 0.272. The summed E-state index contributed by atoms with van der Waals surface area (Å²) in [5.74, 6) is 1.72. The molecule has 0 radical (unpaired) electrons. The van der Waals surface area contributed by atoms with Crippen LogP contribution in [0, 0.1) is 11.8 Å². The van der Waals surface area contributed by atoms with E-state index in [-0.39, 0.29) is 5.91 Å². The minimum absolute atomic E-state index is 0.272. The monoisotopic (exact) mass is 396 g/mol. The first-order valence-electron chi connectivity index (χ1n) is 11.3. The number of benzene rings is 1. The van der Waals surface area contributed by atoms with E-state index in [1.54, 1.807) is 0 Å². The first kappa shape index (κ1) is 18.9. The summed E-state index contributed by atoms with van der Waals surface area (Å²) in [5.41, 5.74) is 1.25. The number of nitrogens with zero attached hydrogens (tertiary/aromatic N) is 4. The second-order valence-electron chi connectivity index (χ2n) is 9.26. The zero-order valence-corrected chi connectivity index (χ0v) is 17.2.